The van der Waals surface area contributed by atoms with Gasteiger partial charge in [0.1, 0.15) is 5.97 Å². The molecule has 4 aliphatic rings. The summed E-state index contributed by atoms with van der Waals surface area (Å²) in [7, 11) is 1.31. The number of esters is 2. The van der Waals surface area contributed by atoms with E-state index in [0.717, 1.165) is 6.42 Å². The van der Waals surface area contributed by atoms with Crippen molar-refractivity contribution in [1.82, 2.24) is 0 Å². The van der Waals surface area contributed by atoms with Crippen molar-refractivity contribution in [2.24, 2.45) is 28.6 Å². The molecular weight excluding hydrogens is 362 g/mol. The number of aliphatic carboxylic acids is 1. The quantitative estimate of drug-likeness (QED) is 0.644. The highest BCUT2D eigenvalue weighted by Crippen LogP contribution is 2.66. The molecule has 4 aliphatic carbocycles. The van der Waals surface area contributed by atoms with E-state index in [-0.39, 0.29) is 24.2 Å². The Labute approximate surface area is 156 Å². The summed E-state index contributed by atoms with van der Waals surface area (Å²) in [6.45, 7) is 2.73. The number of halogens is 2. The van der Waals surface area contributed by atoms with E-state index in [4.69, 9.17) is 9.47 Å². The fraction of sp³-hybridized carbons (Fsp3) is 0.842. The highest BCUT2D eigenvalue weighted by molar-refractivity contribution is 5.83. The molecule has 3 unspecified atom stereocenters. The minimum atomic E-state index is -4.29. The second-order valence-electron chi connectivity index (χ2n) is 8.99. The van der Waals surface area contributed by atoms with Crippen molar-refractivity contribution < 1.29 is 37.7 Å². The SMILES string of the molecule is COC(=O)C12CC3CC(C1)CC(C(=O)OC(C(C)C)C(F)(F)C(=O)[O-])(C3)C2. The first-order valence-corrected chi connectivity index (χ1v) is 9.34. The van der Waals surface area contributed by atoms with Crippen LogP contribution in [0, 0.1) is 28.6 Å². The van der Waals surface area contributed by atoms with Gasteiger partial charge in [-0.05, 0) is 56.3 Å². The number of carboxylic acids is 1. The predicted octanol–water partition coefficient (Wildman–Crippen LogP) is 1.70. The molecule has 4 saturated carbocycles. The number of alkyl halides is 2. The largest absolute Gasteiger partial charge is 0.544 e. The van der Waals surface area contributed by atoms with Crippen molar-refractivity contribution in [2.75, 3.05) is 7.11 Å². The first-order valence-electron chi connectivity index (χ1n) is 9.34. The van der Waals surface area contributed by atoms with E-state index in [1.807, 2.05) is 0 Å². The van der Waals surface area contributed by atoms with Crippen LogP contribution in [-0.2, 0) is 23.9 Å². The lowest BCUT2D eigenvalue weighted by Crippen LogP contribution is -2.60. The summed E-state index contributed by atoms with van der Waals surface area (Å²) in [5.74, 6) is -8.68. The van der Waals surface area contributed by atoms with Gasteiger partial charge >= 0.3 is 17.9 Å². The van der Waals surface area contributed by atoms with Gasteiger partial charge in [0.15, 0.2) is 6.10 Å². The van der Waals surface area contributed by atoms with Crippen LogP contribution < -0.4 is 5.11 Å². The second kappa shape index (κ2) is 6.41. The highest BCUT2D eigenvalue weighted by Gasteiger charge is 2.65. The van der Waals surface area contributed by atoms with Gasteiger partial charge in [-0.15, -0.1) is 0 Å². The van der Waals surface area contributed by atoms with Gasteiger partial charge in [0.25, 0.3) is 0 Å². The molecule has 27 heavy (non-hydrogen) atoms. The molecule has 0 heterocycles. The number of methoxy groups -OCH3 is 1. The molecule has 0 saturated heterocycles. The maximum absolute atomic E-state index is 14.0. The Morgan fingerprint density at radius 1 is 1.04 bits per heavy atom. The van der Waals surface area contributed by atoms with Crippen molar-refractivity contribution in [1.29, 1.82) is 0 Å². The second-order valence-corrected chi connectivity index (χ2v) is 8.99. The zero-order chi connectivity index (χ0) is 20.2. The van der Waals surface area contributed by atoms with Crippen LogP contribution >= 0.6 is 0 Å². The lowest BCUT2D eigenvalue weighted by molar-refractivity contribution is -0.338. The molecule has 152 valence electrons. The van der Waals surface area contributed by atoms with E-state index < -0.39 is 40.7 Å². The first-order chi connectivity index (χ1) is 12.5. The summed E-state index contributed by atoms with van der Waals surface area (Å²) in [4.78, 5) is 36.3. The molecular formula is C19H25F2O6-. The lowest BCUT2D eigenvalue weighted by atomic mass is 9.44. The average molecular weight is 387 g/mol. The maximum atomic E-state index is 14.0. The van der Waals surface area contributed by atoms with E-state index in [2.05, 4.69) is 0 Å². The zero-order valence-electron chi connectivity index (χ0n) is 15.8. The smallest absolute Gasteiger partial charge is 0.323 e. The molecule has 0 amide bonds. The van der Waals surface area contributed by atoms with Gasteiger partial charge in [-0.3, -0.25) is 9.59 Å². The molecule has 4 bridgehead atoms. The van der Waals surface area contributed by atoms with Crippen LogP contribution in [0.15, 0.2) is 0 Å². The topological polar surface area (TPSA) is 92.7 Å². The summed E-state index contributed by atoms with van der Waals surface area (Å²) in [6, 6.07) is 0. The molecule has 0 aromatic rings. The number of hydrogen-bond donors (Lipinski definition) is 0. The minimum Gasteiger partial charge on any atom is -0.544 e. The molecule has 6 nitrogen and oxygen atoms in total. The van der Waals surface area contributed by atoms with Crippen molar-refractivity contribution in [2.45, 2.75) is 64.4 Å². The van der Waals surface area contributed by atoms with Gasteiger partial charge in [-0.2, -0.15) is 8.78 Å². The molecule has 0 aromatic heterocycles. The summed E-state index contributed by atoms with van der Waals surface area (Å²) < 4.78 is 38.2. The van der Waals surface area contributed by atoms with Crippen LogP contribution in [-0.4, -0.2) is 37.0 Å². The summed E-state index contributed by atoms with van der Waals surface area (Å²) in [6.07, 6.45) is 1.21. The Bertz CT molecular complexity index is 645. The molecule has 0 spiro atoms. The van der Waals surface area contributed by atoms with Crippen molar-refractivity contribution in [3.63, 3.8) is 0 Å². The Morgan fingerprint density at radius 2 is 1.52 bits per heavy atom. The fourth-order valence-corrected chi connectivity index (χ4v) is 5.94. The number of hydrogen-bond acceptors (Lipinski definition) is 6. The van der Waals surface area contributed by atoms with Crippen molar-refractivity contribution >= 4 is 17.9 Å². The van der Waals surface area contributed by atoms with Gasteiger partial charge < -0.3 is 19.4 Å². The molecule has 0 N–H and O–H groups in total. The number of ether oxygens (including phenoxy) is 2. The lowest BCUT2D eigenvalue weighted by Gasteiger charge is -2.59. The minimum absolute atomic E-state index is 0.136. The first kappa shape index (κ1) is 20.0. The van der Waals surface area contributed by atoms with E-state index >= 15 is 0 Å². The van der Waals surface area contributed by atoms with Gasteiger partial charge in [0, 0.05) is 0 Å². The molecule has 3 atom stereocenters. The van der Waals surface area contributed by atoms with Crippen LogP contribution in [0.4, 0.5) is 8.78 Å². The van der Waals surface area contributed by atoms with Gasteiger partial charge in [-0.1, -0.05) is 13.8 Å². The van der Waals surface area contributed by atoms with Crippen LogP contribution in [0.25, 0.3) is 0 Å². The summed E-state index contributed by atoms with van der Waals surface area (Å²) in [5, 5.41) is 10.9. The maximum Gasteiger partial charge on any atom is 0.323 e. The van der Waals surface area contributed by atoms with Crippen LogP contribution in [0.3, 0.4) is 0 Å². The van der Waals surface area contributed by atoms with Crippen LogP contribution in [0.1, 0.15) is 52.4 Å². The zero-order valence-corrected chi connectivity index (χ0v) is 15.8. The van der Waals surface area contributed by atoms with Crippen LogP contribution in [0.2, 0.25) is 0 Å². The van der Waals surface area contributed by atoms with Gasteiger partial charge in [0.2, 0.25) is 0 Å². The number of rotatable bonds is 6. The number of carbonyl (C=O) groups excluding carboxylic acids is 3. The van der Waals surface area contributed by atoms with E-state index in [0.29, 0.717) is 25.7 Å². The molecule has 4 fully saturated rings. The molecule has 0 aromatic carbocycles. The standard InChI is InChI=1S/C19H26F2O6/c1-10(2)13(19(20,21)14(22)23)27-16(25)18-7-11-4-12(8-18)6-17(5-11,9-18)15(24)26-3/h10-13H,4-9H2,1-3H3,(H,22,23)/p-1. The van der Waals surface area contributed by atoms with Crippen molar-refractivity contribution in [3.8, 4) is 0 Å². The summed E-state index contributed by atoms with van der Waals surface area (Å²) in [5.41, 5.74) is -1.81. The van der Waals surface area contributed by atoms with E-state index in [9.17, 15) is 28.3 Å². The summed E-state index contributed by atoms with van der Waals surface area (Å²) >= 11 is 0. The van der Waals surface area contributed by atoms with E-state index in [1.165, 1.54) is 21.0 Å². The number of carboxylic acid groups (broad SMARTS) is 1. The number of carbonyl (C=O) groups is 3. The molecule has 8 heteroatoms. The molecule has 4 rings (SSSR count). The van der Waals surface area contributed by atoms with Gasteiger partial charge in [-0.25, -0.2) is 0 Å². The van der Waals surface area contributed by atoms with Gasteiger partial charge in [0.05, 0.1) is 17.9 Å². The fourth-order valence-electron chi connectivity index (χ4n) is 5.94. The van der Waals surface area contributed by atoms with E-state index in [1.54, 1.807) is 0 Å². The Kier molecular flexibility index (Phi) is 4.75. The third-order valence-corrected chi connectivity index (χ3v) is 6.58. The monoisotopic (exact) mass is 387 g/mol. The highest BCUT2D eigenvalue weighted by atomic mass is 19.3. The average Bonchev–Trinajstić information content (AvgIpc) is 2.56. The molecule has 0 aliphatic heterocycles. The normalized spacial score (nSPS) is 35.8. The molecule has 0 radical (unpaired) electrons. The Hall–Kier alpha value is -1.73. The Balaban J connectivity index is 1.88. The van der Waals surface area contributed by atoms with Crippen molar-refractivity contribution in [3.05, 3.63) is 0 Å². The Morgan fingerprint density at radius 3 is 1.93 bits per heavy atom. The predicted molar refractivity (Wildman–Crippen MR) is 86.2 cm³/mol. The third-order valence-electron chi connectivity index (χ3n) is 6.58. The third kappa shape index (κ3) is 3.10. The van der Waals surface area contributed by atoms with Crippen LogP contribution in [0.5, 0.6) is 0 Å².